The van der Waals surface area contributed by atoms with E-state index in [1.807, 2.05) is 24.3 Å². The monoisotopic (exact) mass is 283 g/mol. The molecule has 0 spiro atoms. The van der Waals surface area contributed by atoms with Gasteiger partial charge in [0.1, 0.15) is 0 Å². The van der Waals surface area contributed by atoms with Gasteiger partial charge in [0, 0.05) is 22.8 Å². The van der Waals surface area contributed by atoms with Gasteiger partial charge in [0.15, 0.2) is 0 Å². The summed E-state index contributed by atoms with van der Waals surface area (Å²) in [7, 11) is 0. The van der Waals surface area contributed by atoms with Crippen molar-refractivity contribution in [2.24, 2.45) is 0 Å². The molecule has 0 saturated heterocycles. The van der Waals surface area contributed by atoms with Crippen molar-refractivity contribution in [3.8, 4) is 11.1 Å². The number of pyridine rings is 1. The lowest BCUT2D eigenvalue weighted by Crippen LogP contribution is -1.96. The van der Waals surface area contributed by atoms with Gasteiger partial charge in [-0.3, -0.25) is 4.98 Å². The average molecular weight is 284 g/mol. The van der Waals surface area contributed by atoms with Gasteiger partial charge in [-0.15, -0.1) is 0 Å². The number of halogens is 1. The minimum Gasteiger partial charge on any atom is -0.478 e. The van der Waals surface area contributed by atoms with Crippen LogP contribution in [0, 0.1) is 0 Å². The molecule has 20 heavy (non-hydrogen) atoms. The van der Waals surface area contributed by atoms with Crippen LogP contribution in [0.1, 0.15) is 10.4 Å². The Morgan fingerprint density at radius 3 is 2.80 bits per heavy atom. The van der Waals surface area contributed by atoms with Gasteiger partial charge >= 0.3 is 5.97 Å². The van der Waals surface area contributed by atoms with E-state index in [9.17, 15) is 4.79 Å². The Bertz CT molecular complexity index is 809. The maximum absolute atomic E-state index is 11.1. The fourth-order valence-electron chi connectivity index (χ4n) is 2.24. The quantitative estimate of drug-likeness (QED) is 0.765. The number of aromatic carboxylic acids is 1. The van der Waals surface area contributed by atoms with Gasteiger partial charge in [0.25, 0.3) is 0 Å². The number of aromatic nitrogens is 1. The Morgan fingerprint density at radius 2 is 2.00 bits per heavy atom. The second-order valence-electron chi connectivity index (χ2n) is 4.44. The summed E-state index contributed by atoms with van der Waals surface area (Å²) in [5.41, 5.74) is 1.90. The zero-order valence-corrected chi connectivity index (χ0v) is 11.1. The van der Waals surface area contributed by atoms with Crippen LogP contribution in [0.3, 0.4) is 0 Å². The fraction of sp³-hybridized carbons (Fsp3) is 0. The highest BCUT2D eigenvalue weighted by molar-refractivity contribution is 6.31. The summed E-state index contributed by atoms with van der Waals surface area (Å²) in [4.78, 5) is 15.2. The minimum absolute atomic E-state index is 0.179. The molecule has 1 aromatic heterocycles. The summed E-state index contributed by atoms with van der Waals surface area (Å²) >= 11 is 6.02. The second kappa shape index (κ2) is 4.94. The minimum atomic E-state index is -0.990. The molecule has 0 fully saturated rings. The zero-order valence-electron chi connectivity index (χ0n) is 10.4. The maximum Gasteiger partial charge on any atom is 0.335 e. The lowest BCUT2D eigenvalue weighted by Gasteiger charge is -2.08. The smallest absolute Gasteiger partial charge is 0.335 e. The first kappa shape index (κ1) is 12.6. The topological polar surface area (TPSA) is 50.2 Å². The van der Waals surface area contributed by atoms with E-state index in [1.54, 1.807) is 24.5 Å². The molecule has 3 rings (SSSR count). The molecule has 0 aliphatic heterocycles. The first-order chi connectivity index (χ1) is 9.65. The van der Waals surface area contributed by atoms with Crippen LogP contribution in [0.5, 0.6) is 0 Å². The van der Waals surface area contributed by atoms with Crippen LogP contribution in [-0.4, -0.2) is 16.1 Å². The van der Waals surface area contributed by atoms with E-state index in [2.05, 4.69) is 4.98 Å². The van der Waals surface area contributed by atoms with E-state index in [0.717, 1.165) is 21.9 Å². The third kappa shape index (κ3) is 2.24. The molecule has 0 aliphatic rings. The highest BCUT2D eigenvalue weighted by Gasteiger charge is 2.09. The highest BCUT2D eigenvalue weighted by atomic mass is 35.5. The number of hydrogen-bond acceptors (Lipinski definition) is 2. The van der Waals surface area contributed by atoms with Gasteiger partial charge in [-0.25, -0.2) is 4.79 Å². The van der Waals surface area contributed by atoms with Crippen LogP contribution in [0.4, 0.5) is 0 Å². The predicted molar refractivity (Wildman–Crippen MR) is 79.1 cm³/mol. The molecule has 4 heteroatoms. The Labute approximate surface area is 120 Å². The summed E-state index contributed by atoms with van der Waals surface area (Å²) in [5, 5.41) is 11.6. The highest BCUT2D eigenvalue weighted by Crippen LogP contribution is 2.30. The molecule has 0 amide bonds. The molecule has 0 radical (unpaired) electrons. The van der Waals surface area contributed by atoms with E-state index >= 15 is 0 Å². The molecule has 0 unspecified atom stereocenters. The van der Waals surface area contributed by atoms with Crippen LogP contribution >= 0.6 is 11.6 Å². The standard InChI is InChI=1S/C16H10ClNO2/c17-13-7-11(6-12(8-13)16(19)20)14-3-1-2-10-9-18-5-4-15(10)14/h1-9H,(H,19,20). The Hall–Kier alpha value is -2.39. The SMILES string of the molecule is O=C(O)c1cc(Cl)cc(-c2cccc3cnccc23)c1. The summed E-state index contributed by atoms with van der Waals surface area (Å²) in [5.74, 6) is -0.990. The number of fused-ring (bicyclic) bond motifs is 1. The van der Waals surface area contributed by atoms with Crippen LogP contribution in [0.15, 0.2) is 54.9 Å². The van der Waals surface area contributed by atoms with Crippen molar-refractivity contribution in [1.29, 1.82) is 0 Å². The Balaban J connectivity index is 2.28. The molecule has 1 N–H and O–H groups in total. The number of carboxylic acid groups (broad SMARTS) is 1. The van der Waals surface area contributed by atoms with Crippen LogP contribution in [-0.2, 0) is 0 Å². The summed E-state index contributed by atoms with van der Waals surface area (Å²) in [6, 6.07) is 12.6. The normalized spacial score (nSPS) is 10.7. The van der Waals surface area contributed by atoms with Gasteiger partial charge in [0.05, 0.1) is 5.56 Å². The largest absolute Gasteiger partial charge is 0.478 e. The fourth-order valence-corrected chi connectivity index (χ4v) is 2.48. The number of carboxylic acids is 1. The van der Waals surface area contributed by atoms with Crippen molar-refractivity contribution < 1.29 is 9.90 Å². The van der Waals surface area contributed by atoms with Crippen molar-refractivity contribution in [2.75, 3.05) is 0 Å². The molecule has 98 valence electrons. The Morgan fingerprint density at radius 1 is 1.15 bits per heavy atom. The van der Waals surface area contributed by atoms with E-state index in [1.165, 1.54) is 6.07 Å². The van der Waals surface area contributed by atoms with E-state index in [0.29, 0.717) is 5.02 Å². The van der Waals surface area contributed by atoms with Crippen molar-refractivity contribution >= 4 is 28.3 Å². The molecule has 0 bridgehead atoms. The maximum atomic E-state index is 11.1. The van der Waals surface area contributed by atoms with Gasteiger partial charge in [-0.05, 0) is 40.8 Å². The van der Waals surface area contributed by atoms with Crippen molar-refractivity contribution in [1.82, 2.24) is 4.98 Å². The number of carbonyl (C=O) groups is 1. The van der Waals surface area contributed by atoms with Crippen molar-refractivity contribution in [2.45, 2.75) is 0 Å². The summed E-state index contributed by atoms with van der Waals surface area (Å²) in [6.07, 6.45) is 3.50. The molecule has 1 heterocycles. The molecule has 3 aromatic rings. The summed E-state index contributed by atoms with van der Waals surface area (Å²) < 4.78 is 0. The molecule has 2 aromatic carbocycles. The molecule has 0 atom stereocenters. The number of nitrogens with zero attached hydrogens (tertiary/aromatic N) is 1. The van der Waals surface area contributed by atoms with Crippen LogP contribution in [0.2, 0.25) is 5.02 Å². The van der Waals surface area contributed by atoms with Gasteiger partial charge < -0.3 is 5.11 Å². The first-order valence-corrected chi connectivity index (χ1v) is 6.40. The van der Waals surface area contributed by atoms with E-state index in [-0.39, 0.29) is 5.56 Å². The predicted octanol–water partition coefficient (Wildman–Crippen LogP) is 4.25. The van der Waals surface area contributed by atoms with Gasteiger partial charge in [-0.1, -0.05) is 29.8 Å². The average Bonchev–Trinajstić information content (AvgIpc) is 2.46. The van der Waals surface area contributed by atoms with Gasteiger partial charge in [0.2, 0.25) is 0 Å². The first-order valence-electron chi connectivity index (χ1n) is 6.02. The number of hydrogen-bond donors (Lipinski definition) is 1. The van der Waals surface area contributed by atoms with E-state index in [4.69, 9.17) is 16.7 Å². The van der Waals surface area contributed by atoms with Crippen LogP contribution < -0.4 is 0 Å². The second-order valence-corrected chi connectivity index (χ2v) is 4.87. The molecular weight excluding hydrogens is 274 g/mol. The van der Waals surface area contributed by atoms with Crippen molar-refractivity contribution in [3.05, 3.63) is 65.4 Å². The molecule has 0 saturated carbocycles. The molecule has 3 nitrogen and oxygen atoms in total. The third-order valence-corrected chi connectivity index (χ3v) is 3.35. The number of rotatable bonds is 2. The Kier molecular flexibility index (Phi) is 3.12. The summed E-state index contributed by atoms with van der Waals surface area (Å²) in [6.45, 7) is 0. The molecular formula is C16H10ClNO2. The zero-order chi connectivity index (χ0) is 14.1. The van der Waals surface area contributed by atoms with Crippen LogP contribution in [0.25, 0.3) is 21.9 Å². The molecule has 0 aliphatic carbocycles. The lowest BCUT2D eigenvalue weighted by molar-refractivity contribution is 0.0697. The third-order valence-electron chi connectivity index (χ3n) is 3.14. The van der Waals surface area contributed by atoms with Crippen molar-refractivity contribution in [3.63, 3.8) is 0 Å². The van der Waals surface area contributed by atoms with E-state index < -0.39 is 5.97 Å². The lowest BCUT2D eigenvalue weighted by atomic mass is 9.98. The van der Waals surface area contributed by atoms with Gasteiger partial charge in [-0.2, -0.15) is 0 Å². The number of benzene rings is 2.